The van der Waals surface area contributed by atoms with E-state index in [9.17, 15) is 14.7 Å². The third kappa shape index (κ3) is 3.69. The summed E-state index contributed by atoms with van der Waals surface area (Å²) in [5.74, 6) is -0.881. The van der Waals surface area contributed by atoms with Crippen molar-refractivity contribution in [2.45, 2.75) is 6.04 Å². The lowest BCUT2D eigenvalue weighted by atomic mass is 9.94. The fraction of sp³-hybridized carbons (Fsp3) is 0.120. The fourth-order valence-electron chi connectivity index (χ4n) is 3.81. The number of anilines is 1. The molecule has 0 aliphatic carbocycles. The molecule has 0 radical (unpaired) electrons. The minimum atomic E-state index is -0.936. The minimum Gasteiger partial charge on any atom is -0.507 e. The van der Waals surface area contributed by atoms with Crippen molar-refractivity contribution < 1.29 is 24.2 Å². The molecule has 1 aliphatic rings. The molecule has 1 aliphatic heterocycles. The summed E-state index contributed by atoms with van der Waals surface area (Å²) < 4.78 is 10.8. The quantitative estimate of drug-likeness (QED) is 0.337. The first-order valence-electron chi connectivity index (χ1n) is 9.80. The maximum atomic E-state index is 13.2. The van der Waals surface area contributed by atoms with Gasteiger partial charge in [0, 0.05) is 27.9 Å². The average molecular weight is 450 g/mol. The van der Waals surface area contributed by atoms with Crippen LogP contribution >= 0.6 is 11.6 Å². The number of ether oxygens (including phenoxy) is 2. The summed E-state index contributed by atoms with van der Waals surface area (Å²) in [5.41, 5.74) is 1.33. The smallest absolute Gasteiger partial charge is 0.300 e. The number of halogens is 1. The molecule has 3 aromatic rings. The van der Waals surface area contributed by atoms with Gasteiger partial charge in [-0.2, -0.15) is 0 Å². The number of carbonyl (C=O) groups excluding carboxylic acids is 2. The van der Waals surface area contributed by atoms with E-state index in [1.165, 1.54) is 19.1 Å². The Morgan fingerprint density at radius 2 is 1.69 bits per heavy atom. The van der Waals surface area contributed by atoms with Crippen LogP contribution in [0.5, 0.6) is 11.5 Å². The molecule has 32 heavy (non-hydrogen) atoms. The molecular formula is C25H20ClNO5. The Bertz CT molecular complexity index is 1220. The Labute approximate surface area is 190 Å². The molecule has 3 aromatic carbocycles. The predicted octanol–water partition coefficient (Wildman–Crippen LogP) is 4.98. The monoisotopic (exact) mass is 449 g/mol. The van der Waals surface area contributed by atoms with E-state index < -0.39 is 17.7 Å². The van der Waals surface area contributed by atoms with Gasteiger partial charge in [0.1, 0.15) is 17.3 Å². The highest BCUT2D eigenvalue weighted by Gasteiger charge is 2.48. The van der Waals surface area contributed by atoms with E-state index in [-0.39, 0.29) is 11.3 Å². The third-order valence-electron chi connectivity index (χ3n) is 5.31. The Morgan fingerprint density at radius 3 is 2.34 bits per heavy atom. The standard InChI is InChI=1S/C25H20ClNO5/c1-31-18-11-12-19(20(14-18)32-2)22-21(23(28)15-7-4-3-5-8-15)24(29)25(30)27(22)17-10-6-9-16(26)13-17/h3-14,22,28H,1-2H3/t22-/m0/s1. The van der Waals surface area contributed by atoms with Crippen molar-refractivity contribution >= 4 is 34.7 Å². The van der Waals surface area contributed by atoms with Crippen LogP contribution in [0.2, 0.25) is 5.02 Å². The number of aliphatic hydroxyl groups is 1. The first kappa shape index (κ1) is 21.5. The van der Waals surface area contributed by atoms with Crippen LogP contribution in [0.4, 0.5) is 5.69 Å². The summed E-state index contributed by atoms with van der Waals surface area (Å²) in [6, 6.07) is 19.4. The van der Waals surface area contributed by atoms with Crippen LogP contribution in [0.3, 0.4) is 0 Å². The zero-order chi connectivity index (χ0) is 22.8. The molecule has 0 unspecified atom stereocenters. The molecule has 1 N–H and O–H groups in total. The zero-order valence-electron chi connectivity index (χ0n) is 17.4. The summed E-state index contributed by atoms with van der Waals surface area (Å²) in [4.78, 5) is 27.7. The second kappa shape index (κ2) is 8.77. The van der Waals surface area contributed by atoms with Gasteiger partial charge >= 0.3 is 0 Å². The summed E-state index contributed by atoms with van der Waals surface area (Å²) in [7, 11) is 3.02. The van der Waals surface area contributed by atoms with E-state index in [1.54, 1.807) is 72.8 Å². The van der Waals surface area contributed by atoms with Crippen LogP contribution in [0.1, 0.15) is 17.2 Å². The van der Waals surface area contributed by atoms with Crippen molar-refractivity contribution in [3.8, 4) is 11.5 Å². The summed E-state index contributed by atoms with van der Waals surface area (Å²) in [5, 5.41) is 11.5. The molecule has 162 valence electrons. The van der Waals surface area contributed by atoms with Gasteiger partial charge in [-0.05, 0) is 30.3 Å². The molecule has 0 aromatic heterocycles. The SMILES string of the molecule is COc1ccc([C@H]2C(=C(O)c3ccccc3)C(=O)C(=O)N2c2cccc(Cl)c2)c(OC)c1. The van der Waals surface area contributed by atoms with Crippen molar-refractivity contribution in [3.63, 3.8) is 0 Å². The molecule has 7 heteroatoms. The van der Waals surface area contributed by atoms with Gasteiger partial charge in [0.15, 0.2) is 0 Å². The van der Waals surface area contributed by atoms with Crippen molar-refractivity contribution in [2.75, 3.05) is 19.1 Å². The number of carbonyl (C=O) groups is 2. The number of benzene rings is 3. The fourth-order valence-corrected chi connectivity index (χ4v) is 4.00. The molecule has 1 heterocycles. The van der Waals surface area contributed by atoms with Crippen LogP contribution in [-0.2, 0) is 9.59 Å². The Kier molecular flexibility index (Phi) is 5.88. The van der Waals surface area contributed by atoms with Crippen molar-refractivity contribution in [1.29, 1.82) is 0 Å². The number of methoxy groups -OCH3 is 2. The lowest BCUT2D eigenvalue weighted by molar-refractivity contribution is -0.132. The van der Waals surface area contributed by atoms with E-state index in [1.807, 2.05) is 0 Å². The highest BCUT2D eigenvalue weighted by atomic mass is 35.5. The molecule has 0 bridgehead atoms. The maximum absolute atomic E-state index is 13.2. The van der Waals surface area contributed by atoms with Gasteiger partial charge in [0.2, 0.25) is 0 Å². The van der Waals surface area contributed by atoms with E-state index in [0.717, 1.165) is 0 Å². The number of hydrogen-bond donors (Lipinski definition) is 1. The van der Waals surface area contributed by atoms with Crippen LogP contribution in [0.15, 0.2) is 78.4 Å². The lowest BCUT2D eigenvalue weighted by Gasteiger charge is -2.27. The number of ketones is 1. The normalized spacial score (nSPS) is 17.5. The maximum Gasteiger partial charge on any atom is 0.300 e. The molecule has 1 atom stereocenters. The molecule has 4 rings (SSSR count). The number of hydrogen-bond acceptors (Lipinski definition) is 5. The van der Waals surface area contributed by atoms with E-state index >= 15 is 0 Å². The number of amides is 1. The second-order valence-electron chi connectivity index (χ2n) is 7.12. The Morgan fingerprint density at radius 1 is 0.938 bits per heavy atom. The number of aliphatic hydroxyl groups excluding tert-OH is 1. The highest BCUT2D eigenvalue weighted by molar-refractivity contribution is 6.51. The van der Waals surface area contributed by atoms with Crippen molar-refractivity contribution in [3.05, 3.63) is 94.5 Å². The van der Waals surface area contributed by atoms with Gasteiger partial charge < -0.3 is 14.6 Å². The lowest BCUT2D eigenvalue weighted by Crippen LogP contribution is -2.29. The van der Waals surface area contributed by atoms with Crippen molar-refractivity contribution in [1.82, 2.24) is 0 Å². The number of nitrogens with zero attached hydrogens (tertiary/aromatic N) is 1. The molecule has 1 fully saturated rings. The Hall–Kier alpha value is -3.77. The van der Waals surface area contributed by atoms with Crippen molar-refractivity contribution in [2.24, 2.45) is 0 Å². The summed E-state index contributed by atoms with van der Waals surface area (Å²) in [6.45, 7) is 0. The molecule has 6 nitrogen and oxygen atoms in total. The van der Waals surface area contributed by atoms with Crippen LogP contribution in [-0.4, -0.2) is 31.0 Å². The number of rotatable bonds is 5. The third-order valence-corrected chi connectivity index (χ3v) is 5.55. The molecular weight excluding hydrogens is 430 g/mol. The largest absolute Gasteiger partial charge is 0.507 e. The molecule has 0 saturated carbocycles. The van der Waals surface area contributed by atoms with Gasteiger partial charge in [-0.3, -0.25) is 14.5 Å². The van der Waals surface area contributed by atoms with Gasteiger partial charge in [-0.15, -0.1) is 0 Å². The second-order valence-corrected chi connectivity index (χ2v) is 7.56. The van der Waals surface area contributed by atoms with Crippen LogP contribution in [0, 0.1) is 0 Å². The van der Waals surface area contributed by atoms with Crippen LogP contribution < -0.4 is 14.4 Å². The predicted molar refractivity (Wildman–Crippen MR) is 122 cm³/mol. The first-order chi connectivity index (χ1) is 15.5. The summed E-state index contributed by atoms with van der Waals surface area (Å²) >= 11 is 6.17. The van der Waals surface area contributed by atoms with Gasteiger partial charge in [-0.25, -0.2) is 0 Å². The number of Topliss-reactive ketones (excluding diaryl/α,β-unsaturated/α-hetero) is 1. The zero-order valence-corrected chi connectivity index (χ0v) is 18.2. The van der Waals surface area contributed by atoms with Gasteiger partial charge in [0.05, 0.1) is 25.8 Å². The first-order valence-corrected chi connectivity index (χ1v) is 10.2. The molecule has 1 saturated heterocycles. The van der Waals surface area contributed by atoms with E-state index in [0.29, 0.717) is 33.3 Å². The summed E-state index contributed by atoms with van der Waals surface area (Å²) in [6.07, 6.45) is 0. The van der Waals surface area contributed by atoms with Crippen LogP contribution in [0.25, 0.3) is 5.76 Å². The Balaban J connectivity index is 2.00. The molecule has 1 amide bonds. The van der Waals surface area contributed by atoms with E-state index in [4.69, 9.17) is 21.1 Å². The van der Waals surface area contributed by atoms with Gasteiger partial charge in [0.25, 0.3) is 11.7 Å². The topological polar surface area (TPSA) is 76.1 Å². The average Bonchev–Trinajstić information content (AvgIpc) is 3.08. The van der Waals surface area contributed by atoms with Gasteiger partial charge in [-0.1, -0.05) is 48.0 Å². The highest BCUT2D eigenvalue weighted by Crippen LogP contribution is 2.45. The molecule has 0 spiro atoms. The minimum absolute atomic E-state index is 0.0374. The van der Waals surface area contributed by atoms with E-state index in [2.05, 4.69) is 0 Å².